The second-order valence-electron chi connectivity index (χ2n) is 2.18. The fraction of sp³-hybridized carbons (Fsp3) is 0.333. The van der Waals surface area contributed by atoms with Crippen LogP contribution in [0.25, 0.3) is 0 Å². The largest absolute Gasteiger partial charge is 0.350 e. The molecule has 0 fully saturated rings. The first-order valence-electron chi connectivity index (χ1n) is 3.78. The van der Waals surface area contributed by atoms with Crippen LogP contribution in [0.5, 0.6) is 0 Å². The zero-order valence-corrected chi connectivity index (χ0v) is 7.29. The molecule has 0 aliphatic carbocycles. The van der Waals surface area contributed by atoms with E-state index in [0.717, 1.165) is 18.4 Å². The molecule has 0 radical (unpaired) electrons. The molecule has 0 aliphatic heterocycles. The first kappa shape index (κ1) is 10.6. The molecular weight excluding hydrogens is 152 g/mol. The van der Waals surface area contributed by atoms with Crippen LogP contribution in [-0.2, 0) is 4.79 Å². The number of carbonyl (C=O) groups excluding carboxylic acids is 1. The van der Waals surface area contributed by atoms with Crippen molar-refractivity contribution in [3.63, 3.8) is 0 Å². The van der Waals surface area contributed by atoms with Crippen LogP contribution in [0.3, 0.4) is 0 Å². The van der Waals surface area contributed by atoms with Crippen molar-refractivity contribution in [2.75, 3.05) is 6.54 Å². The van der Waals surface area contributed by atoms with Crippen LogP contribution in [0, 0.1) is 0 Å². The zero-order chi connectivity index (χ0) is 9.23. The molecule has 12 heavy (non-hydrogen) atoms. The lowest BCUT2D eigenvalue weighted by molar-refractivity contribution is -0.106. The van der Waals surface area contributed by atoms with Crippen LogP contribution in [-0.4, -0.2) is 19.2 Å². The molecule has 0 amide bonds. The van der Waals surface area contributed by atoms with E-state index in [9.17, 15) is 4.79 Å². The van der Waals surface area contributed by atoms with Gasteiger partial charge in [-0.3, -0.25) is 4.99 Å². The average molecular weight is 166 g/mol. The topological polar surface area (TPSA) is 41.5 Å². The monoisotopic (exact) mass is 166 g/mol. The minimum atomic E-state index is 0.198. The van der Waals surface area contributed by atoms with Crippen molar-refractivity contribution in [2.24, 2.45) is 4.99 Å². The highest BCUT2D eigenvalue weighted by atomic mass is 16.1. The molecule has 1 N–H and O–H groups in total. The van der Waals surface area contributed by atoms with E-state index in [0.29, 0.717) is 0 Å². The van der Waals surface area contributed by atoms with Gasteiger partial charge in [0, 0.05) is 12.1 Å². The highest BCUT2D eigenvalue weighted by Crippen LogP contribution is 1.92. The van der Waals surface area contributed by atoms with Gasteiger partial charge in [-0.05, 0) is 6.92 Å². The van der Waals surface area contributed by atoms with Crippen LogP contribution in [0.4, 0.5) is 0 Å². The third kappa shape index (κ3) is 6.74. The Morgan fingerprint density at radius 2 is 2.42 bits per heavy atom. The normalized spacial score (nSPS) is 10.8. The van der Waals surface area contributed by atoms with Crippen molar-refractivity contribution in [1.82, 2.24) is 5.32 Å². The Bertz CT molecular complexity index is 195. The number of allylic oxidation sites excluding steroid dienone is 2. The minimum Gasteiger partial charge on any atom is -0.350 e. The summed E-state index contributed by atoms with van der Waals surface area (Å²) in [5.41, 5.74) is 0.864. The van der Waals surface area contributed by atoms with Gasteiger partial charge in [-0.25, -0.2) is 0 Å². The summed E-state index contributed by atoms with van der Waals surface area (Å²) in [5.74, 6) is 0. The van der Waals surface area contributed by atoms with Crippen molar-refractivity contribution in [1.29, 1.82) is 0 Å². The SMILES string of the molecule is C=C(C/C=C\C)NC=NCC=O. The Balaban J connectivity index is 3.49. The number of aldehydes is 1. The molecule has 0 rings (SSSR count). The fourth-order valence-electron chi connectivity index (χ4n) is 0.552. The maximum absolute atomic E-state index is 9.85. The summed E-state index contributed by atoms with van der Waals surface area (Å²) < 4.78 is 0. The first-order chi connectivity index (χ1) is 5.81. The lowest BCUT2D eigenvalue weighted by atomic mass is 10.3. The Labute approximate surface area is 72.9 Å². The predicted molar refractivity (Wildman–Crippen MR) is 51.1 cm³/mol. The van der Waals surface area contributed by atoms with Crippen LogP contribution < -0.4 is 5.32 Å². The van der Waals surface area contributed by atoms with Crippen LogP contribution in [0.2, 0.25) is 0 Å². The van der Waals surface area contributed by atoms with Gasteiger partial charge in [0.2, 0.25) is 0 Å². The summed E-state index contributed by atoms with van der Waals surface area (Å²) in [6, 6.07) is 0. The zero-order valence-electron chi connectivity index (χ0n) is 7.29. The molecule has 0 heterocycles. The minimum absolute atomic E-state index is 0.198. The lowest BCUT2D eigenvalue weighted by Gasteiger charge is -1.98. The Kier molecular flexibility index (Phi) is 6.84. The number of hydrogen-bond donors (Lipinski definition) is 1. The van der Waals surface area contributed by atoms with Crippen LogP contribution >= 0.6 is 0 Å². The number of rotatable bonds is 6. The fourth-order valence-corrected chi connectivity index (χ4v) is 0.552. The summed E-state index contributed by atoms with van der Waals surface area (Å²) in [4.78, 5) is 13.6. The molecule has 0 aliphatic rings. The number of carbonyl (C=O) groups is 1. The summed E-state index contributed by atoms with van der Waals surface area (Å²) >= 11 is 0. The van der Waals surface area contributed by atoms with Gasteiger partial charge in [-0.1, -0.05) is 18.7 Å². The predicted octanol–water partition coefficient (Wildman–Crippen LogP) is 1.28. The van der Waals surface area contributed by atoms with Gasteiger partial charge in [-0.2, -0.15) is 0 Å². The van der Waals surface area contributed by atoms with E-state index in [1.54, 1.807) is 0 Å². The van der Waals surface area contributed by atoms with Crippen molar-refractivity contribution in [3.8, 4) is 0 Å². The van der Waals surface area contributed by atoms with Crippen LogP contribution in [0.15, 0.2) is 29.4 Å². The standard InChI is InChI=1S/C9H14N2O/c1-3-4-5-9(2)11-8-10-6-7-12/h3-4,7-8H,2,5-6H2,1H3,(H,10,11)/b4-3-. The molecule has 0 aromatic rings. The van der Waals surface area contributed by atoms with E-state index >= 15 is 0 Å². The smallest absolute Gasteiger partial charge is 0.141 e. The third-order valence-electron chi connectivity index (χ3n) is 1.14. The summed E-state index contributed by atoms with van der Waals surface area (Å²) in [7, 11) is 0. The highest BCUT2D eigenvalue weighted by molar-refractivity contribution is 5.61. The molecule has 0 saturated carbocycles. The molecule has 3 heteroatoms. The van der Waals surface area contributed by atoms with E-state index < -0.39 is 0 Å². The number of aliphatic imine (C=N–C) groups is 1. The van der Waals surface area contributed by atoms with Gasteiger partial charge in [0.1, 0.15) is 6.29 Å². The molecule has 0 spiro atoms. The molecular formula is C9H14N2O. The summed E-state index contributed by atoms with van der Waals surface area (Å²) in [5, 5.41) is 2.86. The van der Waals surface area contributed by atoms with Gasteiger partial charge in [0.25, 0.3) is 0 Å². The summed E-state index contributed by atoms with van der Waals surface area (Å²) in [6.07, 6.45) is 6.95. The van der Waals surface area contributed by atoms with E-state index in [1.165, 1.54) is 6.34 Å². The van der Waals surface area contributed by atoms with Gasteiger partial charge < -0.3 is 10.1 Å². The molecule has 0 atom stereocenters. The van der Waals surface area contributed by atoms with Gasteiger partial charge in [0.15, 0.2) is 0 Å². The van der Waals surface area contributed by atoms with Crippen molar-refractivity contribution < 1.29 is 4.79 Å². The van der Waals surface area contributed by atoms with Gasteiger partial charge in [-0.15, -0.1) is 0 Å². The highest BCUT2D eigenvalue weighted by Gasteiger charge is 1.84. The molecule has 0 aromatic carbocycles. The maximum Gasteiger partial charge on any atom is 0.141 e. The summed E-state index contributed by atoms with van der Waals surface area (Å²) in [6.45, 7) is 5.90. The number of nitrogens with one attached hydrogen (secondary N) is 1. The lowest BCUT2D eigenvalue weighted by Crippen LogP contribution is -2.09. The second kappa shape index (κ2) is 7.72. The van der Waals surface area contributed by atoms with Crippen LogP contribution in [0.1, 0.15) is 13.3 Å². The van der Waals surface area contributed by atoms with Gasteiger partial charge in [0.05, 0.1) is 12.9 Å². The Hall–Kier alpha value is -1.38. The molecule has 66 valence electrons. The molecule has 0 aromatic heterocycles. The quantitative estimate of drug-likeness (QED) is 0.279. The first-order valence-corrected chi connectivity index (χ1v) is 3.78. The van der Waals surface area contributed by atoms with Gasteiger partial charge >= 0.3 is 0 Å². The van der Waals surface area contributed by atoms with E-state index in [-0.39, 0.29) is 6.54 Å². The average Bonchev–Trinajstić information content (AvgIpc) is 2.09. The number of hydrogen-bond acceptors (Lipinski definition) is 2. The number of nitrogens with zero attached hydrogens (tertiary/aromatic N) is 1. The molecule has 3 nitrogen and oxygen atoms in total. The van der Waals surface area contributed by atoms with Crippen molar-refractivity contribution in [3.05, 3.63) is 24.4 Å². The molecule has 0 bridgehead atoms. The molecule has 0 unspecified atom stereocenters. The van der Waals surface area contributed by atoms with E-state index in [4.69, 9.17) is 0 Å². The van der Waals surface area contributed by atoms with E-state index in [2.05, 4.69) is 16.9 Å². The van der Waals surface area contributed by atoms with Crippen molar-refractivity contribution >= 4 is 12.6 Å². The van der Waals surface area contributed by atoms with Crippen molar-refractivity contribution in [2.45, 2.75) is 13.3 Å². The maximum atomic E-state index is 9.85. The third-order valence-corrected chi connectivity index (χ3v) is 1.14. The Morgan fingerprint density at radius 3 is 3.00 bits per heavy atom. The Morgan fingerprint density at radius 1 is 1.67 bits per heavy atom. The second-order valence-corrected chi connectivity index (χ2v) is 2.18. The van der Waals surface area contributed by atoms with E-state index in [1.807, 2.05) is 19.1 Å². The molecule has 0 saturated heterocycles.